The van der Waals surface area contributed by atoms with Crippen LogP contribution in [0.15, 0.2) is 0 Å². The first-order valence-electron chi connectivity index (χ1n) is 9.33. The molecular weight excluding hydrogens is 564 g/mol. The van der Waals surface area contributed by atoms with Crippen LogP contribution in [-0.2, 0) is 0 Å². The third-order valence-corrected chi connectivity index (χ3v) is 5.21. The molecule has 0 atom stereocenters. The number of nitrogens with zero attached hydrogens (tertiary/aromatic N) is 1. The summed E-state index contributed by atoms with van der Waals surface area (Å²) in [5.41, 5.74) is -5.69. The minimum atomic E-state index is -5.66. The summed E-state index contributed by atoms with van der Waals surface area (Å²) in [5.74, 6) is -45.8. The lowest BCUT2D eigenvalue weighted by Gasteiger charge is -2.35. The third-order valence-electron chi connectivity index (χ3n) is 5.21. The second-order valence-electron chi connectivity index (χ2n) is 7.22. The van der Waals surface area contributed by atoms with E-state index in [1.165, 1.54) is 6.92 Å². The van der Waals surface area contributed by atoms with Gasteiger partial charge in [0.1, 0.15) is 34.9 Å². The number of rotatable bonds is 3. The summed E-state index contributed by atoms with van der Waals surface area (Å²) < 4.78 is 211. The molecule has 0 spiro atoms. The largest absolute Gasteiger partial charge is 0.536 e. The molecule has 0 bridgehead atoms. The average molecular weight is 570 g/mol. The monoisotopic (exact) mass is 570 g/mol. The molecule has 0 aliphatic heterocycles. The van der Waals surface area contributed by atoms with E-state index in [9.17, 15) is 65.9 Å². The molecule has 38 heavy (non-hydrogen) atoms. The first-order valence-corrected chi connectivity index (χ1v) is 9.33. The maximum Gasteiger partial charge on any atom is 0.304 e. The van der Waals surface area contributed by atoms with Crippen molar-refractivity contribution in [2.24, 2.45) is 0 Å². The standard InChI is InChI=1S/C18H3BF15N.C2H3N/c20-4-1(5(21)11(27)16(32)10(4)26)19(35,2-6(22)12(28)17(33)13(29)7(2)23)3-8(24)14(30)18(34)15(31)9(3)25;1-2-3/h35H3;1H3. The molecule has 0 amide bonds. The van der Waals surface area contributed by atoms with Gasteiger partial charge >= 0.3 is 6.28 Å². The molecule has 2 nitrogen and oxygen atoms in total. The minimum absolute atomic E-state index is 1.43. The fourth-order valence-electron chi connectivity index (χ4n) is 3.60. The van der Waals surface area contributed by atoms with Crippen molar-refractivity contribution >= 4 is 22.7 Å². The van der Waals surface area contributed by atoms with Gasteiger partial charge in [0.2, 0.25) is 0 Å². The smallest absolute Gasteiger partial charge is 0.304 e. The van der Waals surface area contributed by atoms with Gasteiger partial charge in [-0.05, 0) is 0 Å². The molecule has 3 rings (SSSR count). The van der Waals surface area contributed by atoms with Gasteiger partial charge in [-0.1, -0.05) is 16.4 Å². The van der Waals surface area contributed by atoms with Crippen LogP contribution in [-0.4, -0.2) is 6.28 Å². The minimum Gasteiger partial charge on any atom is -0.536 e. The first-order chi connectivity index (χ1) is 17.4. The molecular formula is C20H6BF15N2. The number of halogens is 15. The van der Waals surface area contributed by atoms with Gasteiger partial charge in [-0.25, -0.2) is 65.9 Å². The van der Waals surface area contributed by atoms with Gasteiger partial charge in [-0.2, -0.15) is 5.26 Å². The van der Waals surface area contributed by atoms with E-state index in [0.717, 1.165) is 0 Å². The zero-order valence-corrected chi connectivity index (χ0v) is 17.9. The number of hydrogen-bond acceptors (Lipinski definition) is 1. The Bertz CT molecular complexity index is 1260. The van der Waals surface area contributed by atoms with Crippen LogP contribution in [0.5, 0.6) is 0 Å². The highest BCUT2D eigenvalue weighted by molar-refractivity contribution is 7.05. The summed E-state index contributed by atoms with van der Waals surface area (Å²) in [7, 11) is 0. The zero-order chi connectivity index (χ0) is 29.6. The number of benzene rings is 3. The number of hydrogen-bond donors (Lipinski definition) is 1. The maximum absolute atomic E-state index is 14.6. The normalized spacial score (nSPS) is 11.3. The predicted octanol–water partition coefficient (Wildman–Crippen LogP) is 3.51. The molecule has 0 aliphatic rings. The Kier molecular flexibility index (Phi) is 8.37. The lowest BCUT2D eigenvalue weighted by Crippen LogP contribution is -2.97. The van der Waals surface area contributed by atoms with Crippen LogP contribution in [0.2, 0.25) is 0 Å². The van der Waals surface area contributed by atoms with Gasteiger partial charge < -0.3 is 5.64 Å². The van der Waals surface area contributed by atoms with Crippen LogP contribution in [0.1, 0.15) is 6.92 Å². The zero-order valence-electron chi connectivity index (χ0n) is 17.9. The Balaban J connectivity index is 0.00000161. The highest BCUT2D eigenvalue weighted by Crippen LogP contribution is 2.25. The fourth-order valence-corrected chi connectivity index (χ4v) is 3.60. The van der Waals surface area contributed by atoms with Crippen molar-refractivity contribution in [3.05, 3.63) is 87.3 Å². The summed E-state index contributed by atoms with van der Waals surface area (Å²) in [5, 5.41) is 7.32. The van der Waals surface area contributed by atoms with Crippen LogP contribution in [0.4, 0.5) is 65.9 Å². The van der Waals surface area contributed by atoms with Crippen molar-refractivity contribution in [1.82, 2.24) is 0 Å². The third kappa shape index (κ3) is 4.20. The van der Waals surface area contributed by atoms with Crippen LogP contribution in [0.25, 0.3) is 0 Å². The lowest BCUT2D eigenvalue weighted by atomic mass is 9.24. The van der Waals surface area contributed by atoms with E-state index < -0.39 is 110 Å². The van der Waals surface area contributed by atoms with E-state index >= 15 is 0 Å². The predicted molar refractivity (Wildman–Crippen MR) is 97.5 cm³/mol. The molecule has 0 saturated carbocycles. The maximum atomic E-state index is 14.6. The highest BCUT2D eigenvalue weighted by atomic mass is 19.2. The molecule has 0 fully saturated rings. The van der Waals surface area contributed by atoms with E-state index in [4.69, 9.17) is 5.26 Å². The van der Waals surface area contributed by atoms with E-state index in [1.54, 1.807) is 6.07 Å². The molecule has 0 radical (unpaired) electrons. The topological polar surface area (TPSA) is 51.4 Å². The molecule has 0 heterocycles. The molecule has 204 valence electrons. The lowest BCUT2D eigenvalue weighted by molar-refractivity contribution is -0.195. The van der Waals surface area contributed by atoms with Gasteiger partial charge in [0.05, 0.1) is 6.07 Å². The van der Waals surface area contributed by atoms with Crippen molar-refractivity contribution in [2.75, 3.05) is 0 Å². The number of quaternary nitrogens is 1. The van der Waals surface area contributed by atoms with Gasteiger partial charge in [-0.15, -0.1) is 0 Å². The Hall–Kier alpha value is -3.88. The quantitative estimate of drug-likeness (QED) is 0.223. The molecule has 3 aromatic rings. The summed E-state index contributed by atoms with van der Waals surface area (Å²) in [6.07, 6.45) is -5.66. The second-order valence-corrected chi connectivity index (χ2v) is 7.22. The van der Waals surface area contributed by atoms with Crippen molar-refractivity contribution in [3.8, 4) is 6.07 Å². The molecule has 3 N–H and O–H groups in total. The van der Waals surface area contributed by atoms with Gasteiger partial charge in [-0.3, -0.25) is 0 Å². The summed E-state index contributed by atoms with van der Waals surface area (Å²) in [6.45, 7) is 1.43. The summed E-state index contributed by atoms with van der Waals surface area (Å²) in [4.78, 5) is 0. The van der Waals surface area contributed by atoms with Gasteiger partial charge in [0.25, 0.3) is 0 Å². The van der Waals surface area contributed by atoms with Crippen molar-refractivity contribution < 1.29 is 71.5 Å². The molecule has 0 aliphatic carbocycles. The van der Waals surface area contributed by atoms with Crippen LogP contribution in [0.3, 0.4) is 0 Å². The van der Waals surface area contributed by atoms with Crippen molar-refractivity contribution in [1.29, 1.82) is 5.26 Å². The number of nitriles is 1. The first kappa shape index (κ1) is 30.3. The SMILES string of the molecule is CC#N.[NH3+][B-](c1c(F)c(F)c(F)c(F)c1F)(c1c(F)c(F)c(F)c(F)c1F)c1c(F)c(F)c(F)c(F)c1F. The Labute approximate surface area is 200 Å². The highest BCUT2D eigenvalue weighted by Gasteiger charge is 2.51. The van der Waals surface area contributed by atoms with Crippen LogP contribution < -0.4 is 22.0 Å². The molecule has 18 heteroatoms. The van der Waals surface area contributed by atoms with Crippen molar-refractivity contribution in [3.63, 3.8) is 0 Å². The van der Waals surface area contributed by atoms with E-state index in [2.05, 4.69) is 5.64 Å². The van der Waals surface area contributed by atoms with Crippen LogP contribution >= 0.6 is 0 Å². The van der Waals surface area contributed by atoms with Crippen molar-refractivity contribution in [2.45, 2.75) is 6.92 Å². The molecule has 3 aromatic carbocycles. The fraction of sp³-hybridized carbons (Fsp3) is 0.0500. The van der Waals surface area contributed by atoms with E-state index in [-0.39, 0.29) is 0 Å². The molecule has 0 saturated heterocycles. The summed E-state index contributed by atoms with van der Waals surface area (Å²) in [6, 6.07) is 1.75. The Morgan fingerprint density at radius 3 is 0.632 bits per heavy atom. The molecule has 0 unspecified atom stereocenters. The van der Waals surface area contributed by atoms with E-state index in [1.807, 2.05) is 0 Å². The Morgan fingerprint density at radius 2 is 0.500 bits per heavy atom. The average Bonchev–Trinajstić information content (AvgIpc) is 2.86. The summed E-state index contributed by atoms with van der Waals surface area (Å²) >= 11 is 0. The Morgan fingerprint density at radius 1 is 0.395 bits per heavy atom. The van der Waals surface area contributed by atoms with E-state index in [0.29, 0.717) is 0 Å². The molecule has 0 aromatic heterocycles. The van der Waals surface area contributed by atoms with Gasteiger partial charge in [0.15, 0.2) is 52.4 Å². The van der Waals surface area contributed by atoms with Gasteiger partial charge in [0, 0.05) is 6.92 Å². The second kappa shape index (κ2) is 10.5. The van der Waals surface area contributed by atoms with Crippen LogP contribution in [0, 0.1) is 98.6 Å².